The zero-order chi connectivity index (χ0) is 17.1. The quantitative estimate of drug-likeness (QED) is 0.436. The minimum absolute atomic E-state index is 0.0208. The molecule has 10 heteroatoms. The van der Waals surface area contributed by atoms with E-state index in [-0.39, 0.29) is 26.6 Å². The Labute approximate surface area is 156 Å². The molecule has 0 saturated heterocycles. The van der Waals surface area contributed by atoms with Crippen LogP contribution in [0.2, 0.25) is 25.2 Å². The van der Waals surface area contributed by atoms with E-state index in [0.29, 0.717) is 15.6 Å². The fourth-order valence-electron chi connectivity index (χ4n) is 1.49. The normalized spacial score (nSPS) is 11.0. The first-order chi connectivity index (χ1) is 10.8. The van der Waals surface area contributed by atoms with E-state index < -0.39 is 5.91 Å². The van der Waals surface area contributed by atoms with E-state index in [1.807, 2.05) is 0 Å². The molecule has 3 N–H and O–H groups in total. The van der Waals surface area contributed by atoms with Crippen molar-refractivity contribution in [3.05, 3.63) is 54.7 Å². The van der Waals surface area contributed by atoms with Crippen molar-refractivity contribution in [2.24, 2.45) is 5.10 Å². The largest absolute Gasteiger partial charge is 0.396 e. The first-order valence-corrected chi connectivity index (χ1v) is 7.78. The van der Waals surface area contributed by atoms with Crippen LogP contribution < -0.4 is 11.2 Å². The third-order valence-corrected chi connectivity index (χ3v) is 4.48. The second-order valence-corrected chi connectivity index (χ2v) is 6.09. The van der Waals surface area contributed by atoms with Gasteiger partial charge in [-0.1, -0.05) is 64.1 Å². The van der Waals surface area contributed by atoms with Crippen LogP contribution in [0.15, 0.2) is 23.3 Å². The van der Waals surface area contributed by atoms with Crippen molar-refractivity contribution in [3.63, 3.8) is 0 Å². The maximum atomic E-state index is 12.0. The van der Waals surface area contributed by atoms with Gasteiger partial charge in [0.1, 0.15) is 5.02 Å². The Morgan fingerprint density at radius 3 is 2.48 bits per heavy atom. The van der Waals surface area contributed by atoms with Crippen LogP contribution in [-0.2, 0) is 0 Å². The fourth-order valence-corrected chi connectivity index (χ4v) is 2.39. The van der Waals surface area contributed by atoms with Gasteiger partial charge in [-0.25, -0.2) is 10.4 Å². The lowest BCUT2D eigenvalue weighted by Gasteiger charge is -2.07. The minimum atomic E-state index is -0.698. The smallest absolute Gasteiger partial charge is 0.291 e. The molecule has 0 saturated carbocycles. The maximum Gasteiger partial charge on any atom is 0.291 e. The van der Waals surface area contributed by atoms with Gasteiger partial charge in [-0.05, 0) is 17.7 Å². The molecule has 1 aromatic heterocycles. The SMILES string of the molecule is Nc1c(Cl)c(Cl)nc(C(=O)NN=Cc2ccc(Cl)c(Cl)c2)c1Cl. The molecule has 120 valence electrons. The zero-order valence-electron chi connectivity index (χ0n) is 11.1. The van der Waals surface area contributed by atoms with E-state index in [2.05, 4.69) is 15.5 Å². The molecule has 0 atom stereocenters. The molecule has 0 aliphatic rings. The van der Waals surface area contributed by atoms with Crippen molar-refractivity contribution in [1.82, 2.24) is 10.4 Å². The number of amides is 1. The van der Waals surface area contributed by atoms with Gasteiger partial charge >= 0.3 is 0 Å². The number of hydrazone groups is 1. The molecule has 2 rings (SSSR count). The topological polar surface area (TPSA) is 80.4 Å². The Kier molecular flexibility index (Phi) is 5.95. The van der Waals surface area contributed by atoms with Crippen LogP contribution in [0.1, 0.15) is 16.1 Å². The molecule has 0 aliphatic carbocycles. The van der Waals surface area contributed by atoms with Crippen molar-refractivity contribution in [1.29, 1.82) is 0 Å². The Balaban J connectivity index is 2.17. The lowest BCUT2D eigenvalue weighted by Crippen LogP contribution is -2.20. The summed E-state index contributed by atoms with van der Waals surface area (Å²) >= 11 is 29.2. The Hall–Kier alpha value is -1.24. The number of hydrogen-bond acceptors (Lipinski definition) is 4. The van der Waals surface area contributed by atoms with Crippen LogP contribution in [0.25, 0.3) is 0 Å². The average Bonchev–Trinajstić information content (AvgIpc) is 2.52. The van der Waals surface area contributed by atoms with Gasteiger partial charge in [0.15, 0.2) is 10.8 Å². The molecule has 0 spiro atoms. The number of carbonyl (C=O) groups is 1. The molecule has 23 heavy (non-hydrogen) atoms. The second kappa shape index (κ2) is 7.55. The molecular formula is C13H7Cl5N4O. The second-order valence-electron chi connectivity index (χ2n) is 4.17. The van der Waals surface area contributed by atoms with E-state index in [9.17, 15) is 4.79 Å². The van der Waals surface area contributed by atoms with Crippen molar-refractivity contribution in [2.45, 2.75) is 0 Å². The van der Waals surface area contributed by atoms with Gasteiger partial charge in [-0.2, -0.15) is 5.10 Å². The Bertz CT molecular complexity index is 809. The zero-order valence-corrected chi connectivity index (χ0v) is 14.9. The van der Waals surface area contributed by atoms with Crippen LogP contribution in [-0.4, -0.2) is 17.1 Å². The number of nitrogens with zero attached hydrogens (tertiary/aromatic N) is 2. The number of nitrogens with two attached hydrogens (primary N) is 1. The number of hydrogen-bond donors (Lipinski definition) is 2. The van der Waals surface area contributed by atoms with Gasteiger partial charge in [0.2, 0.25) is 0 Å². The fraction of sp³-hybridized carbons (Fsp3) is 0. The average molecular weight is 412 g/mol. The summed E-state index contributed by atoms with van der Waals surface area (Å²) in [7, 11) is 0. The Morgan fingerprint density at radius 2 is 1.83 bits per heavy atom. The van der Waals surface area contributed by atoms with Gasteiger partial charge in [0.25, 0.3) is 5.91 Å². The van der Waals surface area contributed by atoms with Crippen LogP contribution in [0.3, 0.4) is 0 Å². The summed E-state index contributed by atoms with van der Waals surface area (Å²) in [6, 6.07) is 4.86. The van der Waals surface area contributed by atoms with Crippen molar-refractivity contribution < 1.29 is 4.79 Å². The molecule has 0 bridgehead atoms. The standard InChI is InChI=1S/C13H7Cl5N4O/c14-6-2-1-5(3-7(6)15)4-20-22-13(23)11-8(16)10(19)9(17)12(18)21-11/h1-4H,(H2,19,21)(H,22,23). The van der Waals surface area contributed by atoms with Crippen molar-refractivity contribution in [3.8, 4) is 0 Å². The summed E-state index contributed by atoms with van der Waals surface area (Å²) in [4.78, 5) is 15.8. The highest BCUT2D eigenvalue weighted by Gasteiger charge is 2.19. The lowest BCUT2D eigenvalue weighted by atomic mass is 10.2. The van der Waals surface area contributed by atoms with E-state index in [1.54, 1.807) is 18.2 Å². The third-order valence-electron chi connectivity index (χ3n) is 2.61. The number of nitrogens with one attached hydrogen (secondary N) is 1. The summed E-state index contributed by atoms with van der Waals surface area (Å²) in [5, 5.41) is 4.28. The molecule has 5 nitrogen and oxygen atoms in total. The highest BCUT2D eigenvalue weighted by atomic mass is 35.5. The number of rotatable bonds is 3. The molecule has 1 amide bonds. The summed E-state index contributed by atoms with van der Waals surface area (Å²) in [6.45, 7) is 0. The highest BCUT2D eigenvalue weighted by Crippen LogP contribution is 2.34. The first-order valence-electron chi connectivity index (χ1n) is 5.89. The summed E-state index contributed by atoms with van der Waals surface area (Å²) in [5.74, 6) is -0.698. The van der Waals surface area contributed by atoms with E-state index in [1.165, 1.54) is 6.21 Å². The summed E-state index contributed by atoms with van der Waals surface area (Å²) in [5.41, 5.74) is 8.29. The number of aromatic nitrogens is 1. The number of carbonyl (C=O) groups excluding carboxylic acids is 1. The monoisotopic (exact) mass is 410 g/mol. The molecule has 0 unspecified atom stereocenters. The molecule has 2 aromatic rings. The summed E-state index contributed by atoms with van der Waals surface area (Å²) < 4.78 is 0. The minimum Gasteiger partial charge on any atom is -0.396 e. The molecule has 0 fully saturated rings. The lowest BCUT2D eigenvalue weighted by molar-refractivity contribution is 0.0950. The van der Waals surface area contributed by atoms with Gasteiger partial charge in [0, 0.05) is 0 Å². The maximum absolute atomic E-state index is 12.0. The van der Waals surface area contributed by atoms with Crippen LogP contribution in [0.4, 0.5) is 5.69 Å². The molecular weight excluding hydrogens is 405 g/mol. The number of anilines is 1. The molecule has 1 heterocycles. The van der Waals surface area contributed by atoms with E-state index >= 15 is 0 Å². The van der Waals surface area contributed by atoms with E-state index in [0.717, 1.165) is 0 Å². The Morgan fingerprint density at radius 1 is 1.13 bits per heavy atom. The number of pyridine rings is 1. The van der Waals surface area contributed by atoms with Gasteiger partial charge < -0.3 is 5.73 Å². The molecule has 1 aromatic carbocycles. The summed E-state index contributed by atoms with van der Waals surface area (Å²) in [6.07, 6.45) is 1.37. The van der Waals surface area contributed by atoms with Crippen molar-refractivity contribution >= 4 is 75.8 Å². The van der Waals surface area contributed by atoms with Crippen LogP contribution in [0.5, 0.6) is 0 Å². The number of halogens is 5. The highest BCUT2D eigenvalue weighted by molar-refractivity contribution is 6.46. The van der Waals surface area contributed by atoms with Crippen LogP contribution in [0, 0.1) is 0 Å². The van der Waals surface area contributed by atoms with Crippen molar-refractivity contribution in [2.75, 3.05) is 5.73 Å². The van der Waals surface area contributed by atoms with Crippen LogP contribution >= 0.6 is 58.0 Å². The first kappa shape index (κ1) is 18.1. The predicted molar refractivity (Wildman–Crippen MR) is 95.2 cm³/mol. The number of benzene rings is 1. The van der Waals surface area contributed by atoms with Gasteiger partial charge in [-0.3, -0.25) is 4.79 Å². The van der Waals surface area contributed by atoms with Gasteiger partial charge in [0.05, 0.1) is 27.0 Å². The third kappa shape index (κ3) is 4.19. The van der Waals surface area contributed by atoms with E-state index in [4.69, 9.17) is 63.7 Å². The molecule has 0 radical (unpaired) electrons. The van der Waals surface area contributed by atoms with Gasteiger partial charge in [-0.15, -0.1) is 0 Å². The number of nitrogen functional groups attached to an aromatic ring is 1. The predicted octanol–water partition coefficient (Wildman–Crippen LogP) is 4.69. The molecule has 0 aliphatic heterocycles.